The van der Waals surface area contributed by atoms with Crippen LogP contribution in [0.2, 0.25) is 0 Å². The molecule has 14 amide bonds. The molecule has 0 bridgehead atoms. The third-order valence-electron chi connectivity index (χ3n) is 19.3. The number of carbonyl (C=O) groups excluding carboxylic acids is 14. The van der Waals surface area contributed by atoms with E-state index in [2.05, 4.69) is 53.2 Å². The Kier molecular flexibility index (Phi) is 24.6. The number of carboxylic acids is 1. The van der Waals surface area contributed by atoms with E-state index in [0.717, 1.165) is 26.5 Å². The first-order valence-electron chi connectivity index (χ1n) is 33.8. The number of primary amides is 3. The number of aliphatic carboxylic acids is 1. The van der Waals surface area contributed by atoms with Gasteiger partial charge in [-0.15, -0.1) is 0 Å². The zero-order chi connectivity index (χ0) is 75.0. The molecule has 19 N–H and O–H groups in total. The number of aliphatic hydroxyl groups excluding tert-OH is 2. The molecule has 4 fully saturated rings. The second-order valence-electron chi connectivity index (χ2n) is 27.9. The van der Waals surface area contributed by atoms with Gasteiger partial charge in [0, 0.05) is 28.7 Å². The fraction of sp³-hybridized carbons (Fsp3) is 0.544. The van der Waals surface area contributed by atoms with Crippen molar-refractivity contribution in [2.45, 2.75) is 209 Å². The van der Waals surface area contributed by atoms with Gasteiger partial charge in [-0.2, -0.15) is 0 Å². The molecule has 2 aromatic carbocycles. The number of amides is 14. The lowest BCUT2D eigenvalue weighted by atomic mass is 9.75. The fourth-order valence-corrected chi connectivity index (χ4v) is 14.5. The Balaban J connectivity index is 1.22. The number of hydrogen-bond donors (Lipinski definition) is 16. The molecule has 6 aliphatic rings. The molecule has 0 aromatic heterocycles. The van der Waals surface area contributed by atoms with Gasteiger partial charge in [0.2, 0.25) is 82.7 Å². The number of nitrogens with one attached hydrogen (secondary N) is 10. The van der Waals surface area contributed by atoms with Crippen molar-refractivity contribution in [3.8, 4) is 0 Å². The van der Waals surface area contributed by atoms with Crippen molar-refractivity contribution in [2.75, 3.05) is 30.3 Å². The lowest BCUT2D eigenvalue weighted by molar-refractivity contribution is -0.150. The number of anilines is 2. The maximum absolute atomic E-state index is 15.9. The topological polar surface area (TPSA) is 525 Å². The van der Waals surface area contributed by atoms with E-state index in [9.17, 15) is 63.3 Å². The first kappa shape index (κ1) is 77.2. The number of carbonyl (C=O) groups is 15. The highest BCUT2D eigenvalue weighted by Crippen LogP contribution is 2.55. The lowest BCUT2D eigenvalue weighted by Crippen LogP contribution is -2.63. The summed E-state index contributed by atoms with van der Waals surface area (Å²) in [6.45, 7) is 9.64. The van der Waals surface area contributed by atoms with E-state index < -0.39 is 217 Å². The first-order valence-corrected chi connectivity index (χ1v) is 33.8. The van der Waals surface area contributed by atoms with Crippen LogP contribution in [0.1, 0.15) is 130 Å². The summed E-state index contributed by atoms with van der Waals surface area (Å²) in [5.41, 5.74) is 18.8. The van der Waals surface area contributed by atoms with Crippen LogP contribution >= 0.6 is 0 Å². The summed E-state index contributed by atoms with van der Waals surface area (Å²) >= 11 is 0. The van der Waals surface area contributed by atoms with E-state index in [-0.39, 0.29) is 57.4 Å². The zero-order valence-corrected chi connectivity index (χ0v) is 57.8. The Labute approximate surface area is 587 Å². The molecule has 4 saturated heterocycles. The van der Waals surface area contributed by atoms with Crippen molar-refractivity contribution in [3.05, 3.63) is 83.0 Å². The standard InChI is InChI=1S/C68H92N16O18/c1-32(2)18-20-67-28-47-61(99)78-45(31-85)59(97)81-54(35(7)86)64(102)82-22-12-17-46(82)63(101)84-48(29-68(21-19-33(3)4)37-14-9-11-16-39(37)80-66(68)84)60(98)76-40(23-34(5)6)56(94)74-41(24-49(69)87)55(93)72-30-52(90)73-43(27-53(91)92)58(96)75-42(25-50(70)88)57(95)77-44(26-51(71)89)62(100)83(47)65(67)79-38-15-10-8-13-36(38)67/h8-11,13-16,18-19,34-35,40-48,54,65-66,79-80,85-86H,12,17,20-31H2,1-7H3,(H2,69,87)(H2,70,88)(H2,71,89)(H,72,93)(H,73,90)(H,74,94)(H,75,96)(H,76,98)(H,77,95)(H,78,99)(H,81,97)(H,91,92)/t35-,40+,41+,42+,43+,44+,45+,46+,47+,48+,54+,65+,66+,67+,68+/m1/s1. The zero-order valence-electron chi connectivity index (χ0n) is 57.8. The molecular weight excluding hydrogens is 1330 g/mol. The minimum Gasteiger partial charge on any atom is -0.481 e. The minimum absolute atomic E-state index is 0.0110. The van der Waals surface area contributed by atoms with Gasteiger partial charge in [-0.3, -0.25) is 71.9 Å². The molecule has 552 valence electrons. The van der Waals surface area contributed by atoms with Crippen LogP contribution in [-0.4, -0.2) is 217 Å². The molecule has 0 spiro atoms. The molecule has 6 heterocycles. The third kappa shape index (κ3) is 17.1. The summed E-state index contributed by atoms with van der Waals surface area (Å²) < 4.78 is 0. The fourth-order valence-electron chi connectivity index (χ4n) is 14.5. The molecule has 2 aromatic rings. The van der Waals surface area contributed by atoms with Crippen LogP contribution in [0.15, 0.2) is 71.8 Å². The molecule has 102 heavy (non-hydrogen) atoms. The van der Waals surface area contributed by atoms with Crippen molar-refractivity contribution in [2.24, 2.45) is 23.1 Å². The van der Waals surface area contributed by atoms with E-state index in [1.807, 2.05) is 52.0 Å². The Hall–Kier alpha value is -10.5. The van der Waals surface area contributed by atoms with Crippen molar-refractivity contribution < 1.29 is 87.2 Å². The Bertz CT molecular complexity index is 3740. The smallest absolute Gasteiger partial charge is 0.305 e. The highest BCUT2D eigenvalue weighted by Gasteiger charge is 2.63. The average molecular weight is 1420 g/mol. The quantitative estimate of drug-likeness (QED) is 0.0720. The number of carboxylic acid groups (broad SMARTS) is 1. The summed E-state index contributed by atoms with van der Waals surface area (Å²) in [5.74, 6) is -18.1. The van der Waals surface area contributed by atoms with Gasteiger partial charge in [-0.25, -0.2) is 0 Å². The molecule has 6 aliphatic heterocycles. The van der Waals surface area contributed by atoms with Gasteiger partial charge in [0.15, 0.2) is 0 Å². The maximum Gasteiger partial charge on any atom is 0.305 e. The van der Waals surface area contributed by atoms with Gasteiger partial charge >= 0.3 is 5.97 Å². The van der Waals surface area contributed by atoms with Crippen molar-refractivity contribution >= 4 is 100 Å². The van der Waals surface area contributed by atoms with E-state index in [0.29, 0.717) is 16.9 Å². The van der Waals surface area contributed by atoms with Crippen molar-refractivity contribution in [3.63, 3.8) is 0 Å². The molecule has 0 radical (unpaired) electrons. The molecule has 0 unspecified atom stereocenters. The van der Waals surface area contributed by atoms with Gasteiger partial charge in [0.1, 0.15) is 72.7 Å². The normalized spacial score (nSPS) is 29.3. The van der Waals surface area contributed by atoms with Crippen LogP contribution in [0, 0.1) is 5.92 Å². The number of aliphatic hydroxyl groups is 2. The summed E-state index contributed by atoms with van der Waals surface area (Å²) in [7, 11) is 0. The monoisotopic (exact) mass is 1420 g/mol. The summed E-state index contributed by atoms with van der Waals surface area (Å²) in [4.78, 5) is 217. The number of fused-ring (bicyclic) bond motifs is 11. The van der Waals surface area contributed by atoms with Gasteiger partial charge in [-0.05, 0) is 109 Å². The Morgan fingerprint density at radius 3 is 1.43 bits per heavy atom. The van der Waals surface area contributed by atoms with Crippen molar-refractivity contribution in [1.82, 2.24) is 57.2 Å². The molecular formula is C68H92N16O18. The Morgan fingerprint density at radius 2 is 0.961 bits per heavy atom. The van der Waals surface area contributed by atoms with Crippen LogP contribution in [0.3, 0.4) is 0 Å². The van der Waals surface area contributed by atoms with Gasteiger partial charge in [0.25, 0.3) is 0 Å². The number of benzene rings is 2. The van der Waals surface area contributed by atoms with Crippen LogP contribution in [-0.2, 0) is 82.7 Å². The number of nitrogens with two attached hydrogens (primary N) is 3. The van der Waals surface area contributed by atoms with Crippen LogP contribution in [0.4, 0.5) is 11.4 Å². The molecule has 0 aliphatic carbocycles. The number of rotatable bonds is 16. The SMILES string of the molecule is CC(C)=CC[C@@]12C[C@H]3C(=O)N[C@@H](CO)C(=O)N[C@@H]([C@@H](C)O)C(=O)N4CCC[C@H]4C(=O)N4[C@@H](C[C@@]5(CC=C(C)C)c6ccccc6N[C@@H]45)C(=O)N[C@@H](CC(C)C)C(=O)N[C@@H](CC(N)=O)C(=O)NCC(=O)N[C@@H](CC(=O)O)C(=O)N[C@@H](CC(N)=O)C(=O)N[C@@H](CC(N)=O)C(=O)N3[C@@H]1Nc1ccccc12. The second kappa shape index (κ2) is 32.4. The van der Waals surface area contributed by atoms with Gasteiger partial charge in [0.05, 0.1) is 44.9 Å². The molecule has 15 atom stereocenters. The second-order valence-corrected chi connectivity index (χ2v) is 27.9. The number of hydrogen-bond acceptors (Lipinski definition) is 19. The lowest BCUT2D eigenvalue weighted by Gasteiger charge is -2.37. The average Bonchev–Trinajstić information content (AvgIpc) is 1.55. The summed E-state index contributed by atoms with van der Waals surface area (Å²) in [6.07, 6.45) is -4.11. The predicted molar refractivity (Wildman–Crippen MR) is 363 cm³/mol. The minimum atomic E-state index is -2.12. The van der Waals surface area contributed by atoms with E-state index in [4.69, 9.17) is 17.2 Å². The molecule has 8 rings (SSSR count). The van der Waals surface area contributed by atoms with Crippen LogP contribution in [0.5, 0.6) is 0 Å². The van der Waals surface area contributed by atoms with E-state index >= 15 is 24.0 Å². The summed E-state index contributed by atoms with van der Waals surface area (Å²) in [5, 5.41) is 58.0. The van der Waals surface area contributed by atoms with Crippen LogP contribution in [0.25, 0.3) is 0 Å². The molecule has 34 heteroatoms. The number of allylic oxidation sites excluding steroid dienone is 4. The van der Waals surface area contributed by atoms with E-state index in [1.54, 1.807) is 50.2 Å². The summed E-state index contributed by atoms with van der Waals surface area (Å²) in [6, 6.07) is -3.85. The highest BCUT2D eigenvalue weighted by molar-refractivity contribution is 6.03. The third-order valence-corrected chi connectivity index (χ3v) is 19.3. The van der Waals surface area contributed by atoms with E-state index in [1.165, 1.54) is 11.8 Å². The first-order chi connectivity index (χ1) is 48.1. The largest absolute Gasteiger partial charge is 0.481 e. The van der Waals surface area contributed by atoms with Gasteiger partial charge in [-0.1, -0.05) is 73.5 Å². The maximum atomic E-state index is 15.9. The number of nitrogens with zero attached hydrogens (tertiary/aromatic N) is 3. The molecule has 34 nitrogen and oxygen atoms in total. The highest BCUT2D eigenvalue weighted by atomic mass is 16.4. The predicted octanol–water partition coefficient (Wildman–Crippen LogP) is -3.69. The Morgan fingerprint density at radius 1 is 0.529 bits per heavy atom. The van der Waals surface area contributed by atoms with Crippen LogP contribution < -0.4 is 70.4 Å². The van der Waals surface area contributed by atoms with Gasteiger partial charge < -0.3 is 100 Å². The number of para-hydroxylation sites is 2. The molecule has 0 saturated carbocycles. The van der Waals surface area contributed by atoms with Crippen molar-refractivity contribution in [1.29, 1.82) is 0 Å².